The van der Waals surface area contributed by atoms with Gasteiger partial charge in [-0.3, -0.25) is 4.79 Å². The number of H-pyrrole nitrogens is 1. The van der Waals surface area contributed by atoms with Crippen molar-refractivity contribution in [3.05, 3.63) is 29.5 Å². The van der Waals surface area contributed by atoms with Gasteiger partial charge in [-0.15, -0.1) is 0 Å². The molecule has 0 unspecified atom stereocenters. The van der Waals surface area contributed by atoms with Crippen molar-refractivity contribution < 1.29 is 9.90 Å². The quantitative estimate of drug-likeness (QED) is 0.495. The summed E-state index contributed by atoms with van der Waals surface area (Å²) in [4.78, 5) is 23.4. The van der Waals surface area contributed by atoms with Crippen LogP contribution in [0.4, 0.5) is 17.3 Å². The second-order valence-electron chi connectivity index (χ2n) is 5.38. The van der Waals surface area contributed by atoms with Crippen LogP contribution in [0.1, 0.15) is 17.7 Å². The molecule has 7 N–H and O–H groups in total. The molecule has 2 aliphatic rings. The van der Waals surface area contributed by atoms with Crippen molar-refractivity contribution in [1.29, 1.82) is 0 Å². The summed E-state index contributed by atoms with van der Waals surface area (Å²) in [5.41, 5.74) is 15.5. The van der Waals surface area contributed by atoms with Crippen molar-refractivity contribution in [2.75, 3.05) is 18.0 Å². The van der Waals surface area contributed by atoms with Gasteiger partial charge in [-0.25, -0.2) is 4.99 Å². The molecule has 8 nitrogen and oxygen atoms in total. The number of fused-ring (bicyclic) bond motifs is 3. The molecule has 2 aromatic rings. The number of para-hydroxylation sites is 1. The van der Waals surface area contributed by atoms with E-state index in [1.165, 1.54) is 0 Å². The van der Waals surface area contributed by atoms with Gasteiger partial charge in [0.25, 0.3) is 5.91 Å². The molecule has 1 aromatic carbocycles. The normalized spacial score (nSPS) is 16.5. The van der Waals surface area contributed by atoms with Gasteiger partial charge in [0.05, 0.1) is 11.4 Å². The van der Waals surface area contributed by atoms with Crippen LogP contribution in [-0.2, 0) is 4.79 Å². The lowest BCUT2D eigenvalue weighted by Crippen LogP contribution is -2.29. The van der Waals surface area contributed by atoms with E-state index >= 15 is 0 Å². The van der Waals surface area contributed by atoms with Crippen molar-refractivity contribution in [2.24, 2.45) is 4.99 Å². The maximum atomic E-state index is 12.3. The Hall–Kier alpha value is -3.29. The van der Waals surface area contributed by atoms with E-state index in [1.807, 2.05) is 6.07 Å². The highest BCUT2D eigenvalue weighted by Gasteiger charge is 2.33. The number of anilines is 2. The summed E-state index contributed by atoms with van der Waals surface area (Å²) in [5.74, 6) is -0.355. The van der Waals surface area contributed by atoms with Crippen LogP contribution in [0.25, 0.3) is 11.1 Å². The van der Waals surface area contributed by atoms with E-state index in [1.54, 1.807) is 12.1 Å². The number of carbonyl (C=O) groups is 1. The fraction of sp³-hybridized carbons (Fsp3) is 0.133. The highest BCUT2D eigenvalue weighted by atomic mass is 16.3. The minimum absolute atomic E-state index is 0.110. The number of nitrogens with two attached hydrogens (primary N) is 2. The zero-order valence-corrected chi connectivity index (χ0v) is 12.1. The summed E-state index contributed by atoms with van der Waals surface area (Å²) in [6.45, 7) is 0.423. The fourth-order valence-corrected chi connectivity index (χ4v) is 3.01. The fourth-order valence-electron chi connectivity index (χ4n) is 3.01. The average Bonchev–Trinajstić information content (AvgIpc) is 3.00. The van der Waals surface area contributed by atoms with Crippen LogP contribution in [0.2, 0.25) is 0 Å². The summed E-state index contributed by atoms with van der Waals surface area (Å²) in [7, 11) is 0. The Labute approximate surface area is 130 Å². The third kappa shape index (κ3) is 1.88. The predicted molar refractivity (Wildman–Crippen MR) is 87.1 cm³/mol. The Balaban J connectivity index is 2.04. The largest absolute Gasteiger partial charge is 0.492 e. The number of nitrogens with zero attached hydrogens (tertiary/aromatic N) is 2. The summed E-state index contributed by atoms with van der Waals surface area (Å²) < 4.78 is 0. The van der Waals surface area contributed by atoms with Gasteiger partial charge in [0.1, 0.15) is 11.4 Å². The maximum absolute atomic E-state index is 12.3. The summed E-state index contributed by atoms with van der Waals surface area (Å²) in [6.07, 6.45) is 0.503. The SMILES string of the molecule is Nc1nc(O)c(C2=C3C(=Nc4c(N)cccc43)C(=O)NCC2)[nH]1. The highest BCUT2D eigenvalue weighted by Crippen LogP contribution is 2.44. The van der Waals surface area contributed by atoms with Crippen LogP contribution in [-0.4, -0.2) is 33.2 Å². The average molecular weight is 310 g/mol. The Kier molecular flexibility index (Phi) is 2.68. The zero-order chi connectivity index (χ0) is 16.1. The molecule has 4 rings (SSSR count). The van der Waals surface area contributed by atoms with Crippen molar-refractivity contribution in [2.45, 2.75) is 6.42 Å². The third-order valence-corrected chi connectivity index (χ3v) is 3.98. The maximum Gasteiger partial charge on any atom is 0.270 e. The van der Waals surface area contributed by atoms with Gasteiger partial charge >= 0.3 is 0 Å². The van der Waals surface area contributed by atoms with Crippen LogP contribution in [0.5, 0.6) is 5.88 Å². The monoisotopic (exact) mass is 310 g/mol. The van der Waals surface area contributed by atoms with Crippen molar-refractivity contribution in [1.82, 2.24) is 15.3 Å². The minimum Gasteiger partial charge on any atom is -0.492 e. The minimum atomic E-state index is -0.266. The number of aromatic hydroxyl groups is 1. The molecule has 0 bridgehead atoms. The lowest BCUT2D eigenvalue weighted by atomic mass is 9.93. The first-order valence-corrected chi connectivity index (χ1v) is 7.10. The van der Waals surface area contributed by atoms with Gasteiger partial charge in [0, 0.05) is 17.7 Å². The number of hydrogen-bond donors (Lipinski definition) is 5. The number of aliphatic imine (C=N–C) groups is 1. The number of nitrogen functional groups attached to an aromatic ring is 2. The lowest BCUT2D eigenvalue weighted by molar-refractivity contribution is -0.114. The van der Waals surface area contributed by atoms with Crippen molar-refractivity contribution in [3.8, 4) is 5.88 Å². The molecule has 0 aliphatic carbocycles. The van der Waals surface area contributed by atoms with Gasteiger partial charge in [0.15, 0.2) is 0 Å². The van der Waals surface area contributed by atoms with Crippen molar-refractivity contribution in [3.63, 3.8) is 0 Å². The second kappa shape index (κ2) is 4.60. The Morgan fingerprint density at radius 1 is 1.26 bits per heavy atom. The first-order valence-electron chi connectivity index (χ1n) is 7.10. The molecule has 0 saturated carbocycles. The second-order valence-corrected chi connectivity index (χ2v) is 5.38. The van der Waals surface area contributed by atoms with E-state index in [0.717, 1.165) is 11.1 Å². The molecule has 23 heavy (non-hydrogen) atoms. The highest BCUT2D eigenvalue weighted by molar-refractivity contribution is 6.60. The number of hydrogen-bond acceptors (Lipinski definition) is 6. The van der Waals surface area contributed by atoms with Crippen LogP contribution >= 0.6 is 0 Å². The number of carbonyl (C=O) groups excluding carboxylic acids is 1. The molecule has 3 heterocycles. The molecule has 0 saturated heterocycles. The van der Waals surface area contributed by atoms with E-state index in [0.29, 0.717) is 35.6 Å². The topological polar surface area (TPSA) is 142 Å². The van der Waals surface area contributed by atoms with Gasteiger partial charge in [0.2, 0.25) is 11.8 Å². The van der Waals surface area contributed by atoms with Gasteiger partial charge in [-0.05, 0) is 18.1 Å². The molecule has 0 fully saturated rings. The molecule has 2 aliphatic heterocycles. The van der Waals surface area contributed by atoms with E-state index in [-0.39, 0.29) is 23.4 Å². The number of aromatic nitrogens is 2. The summed E-state index contributed by atoms with van der Waals surface area (Å²) >= 11 is 0. The van der Waals surface area contributed by atoms with Crippen molar-refractivity contribution >= 4 is 40.1 Å². The molecular weight excluding hydrogens is 296 g/mol. The number of benzene rings is 1. The molecular formula is C15H14N6O2. The predicted octanol–water partition coefficient (Wildman–Crippen LogP) is 0.796. The van der Waals surface area contributed by atoms with Gasteiger partial charge < -0.3 is 26.9 Å². The standard InChI is InChI=1S/C15H14N6O2/c16-8-3-1-2-6-9-7(11-14(23)21-15(17)20-11)4-5-18-13(22)12(9)19-10(6)8/h1-3,23H,4-5,16H2,(H,18,22)(H3,17,20,21). The Bertz CT molecular complexity index is 909. The third-order valence-electron chi connectivity index (χ3n) is 3.98. The van der Waals surface area contributed by atoms with E-state index in [9.17, 15) is 9.90 Å². The Morgan fingerprint density at radius 3 is 2.83 bits per heavy atom. The number of rotatable bonds is 1. The van der Waals surface area contributed by atoms with Gasteiger partial charge in [-0.1, -0.05) is 12.1 Å². The molecule has 0 atom stereocenters. The van der Waals surface area contributed by atoms with E-state index < -0.39 is 0 Å². The first kappa shape index (κ1) is 13.4. The lowest BCUT2D eigenvalue weighted by Gasteiger charge is -2.09. The molecule has 0 radical (unpaired) electrons. The summed E-state index contributed by atoms with van der Waals surface area (Å²) in [5, 5.41) is 12.8. The molecule has 1 aromatic heterocycles. The van der Waals surface area contributed by atoms with Gasteiger partial charge in [-0.2, -0.15) is 4.98 Å². The first-order chi connectivity index (χ1) is 11.1. The molecule has 1 amide bonds. The smallest absolute Gasteiger partial charge is 0.270 e. The van der Waals surface area contributed by atoms with Crippen LogP contribution in [0.3, 0.4) is 0 Å². The Morgan fingerprint density at radius 2 is 2.09 bits per heavy atom. The summed E-state index contributed by atoms with van der Waals surface area (Å²) in [6, 6.07) is 5.39. The number of nitrogens with one attached hydrogen (secondary N) is 2. The van der Waals surface area contributed by atoms with Crippen LogP contribution < -0.4 is 16.8 Å². The van der Waals surface area contributed by atoms with Crippen LogP contribution in [0.15, 0.2) is 23.2 Å². The van der Waals surface area contributed by atoms with E-state index in [4.69, 9.17) is 11.5 Å². The van der Waals surface area contributed by atoms with E-state index in [2.05, 4.69) is 20.3 Å². The number of aromatic amines is 1. The zero-order valence-electron chi connectivity index (χ0n) is 12.1. The van der Waals surface area contributed by atoms with Crippen LogP contribution in [0, 0.1) is 0 Å². The molecule has 0 spiro atoms. The molecule has 116 valence electrons. The number of amides is 1. The number of imidazole rings is 1. The molecule has 8 heteroatoms.